The minimum absolute atomic E-state index is 0. The summed E-state index contributed by atoms with van der Waals surface area (Å²) >= 11 is 25.0. The van der Waals surface area contributed by atoms with Crippen molar-refractivity contribution in [1.29, 1.82) is 0 Å². The van der Waals surface area contributed by atoms with E-state index in [0.717, 1.165) is 0 Å². The molecule has 2 heterocycles. The minimum Gasteiger partial charge on any atom is -0.466 e. The van der Waals surface area contributed by atoms with Crippen LogP contribution < -0.4 is 5.32 Å². The number of rotatable bonds is 8. The van der Waals surface area contributed by atoms with Crippen LogP contribution in [0.25, 0.3) is 11.1 Å². The molecule has 1 atom stereocenters. The lowest BCUT2D eigenvalue weighted by Gasteiger charge is -2.30. The fraction of sp³-hybridized carbons (Fsp3) is 0.306. The number of aromatic nitrogens is 1. The molecule has 2 aromatic carbocycles. The van der Waals surface area contributed by atoms with E-state index in [1.165, 1.54) is 14.2 Å². The molecule has 0 saturated heterocycles. The van der Waals surface area contributed by atoms with E-state index in [1.807, 2.05) is 0 Å². The SMILES string of the molecule is CCOC(=O)C1=C(C)NC(C)=C(C(=O)OC)C1c1cccc(Cl)c1Cl.CCOC(=O)c1c(C)nc(C)c(C(=O)OC)c1-c1cccc(Cl)c1Cl.[H+]. The Balaban J connectivity index is 0.000000347. The number of carbonyl (C=O) groups is 4. The zero-order chi connectivity index (χ0) is 37.4. The highest BCUT2D eigenvalue weighted by Gasteiger charge is 2.39. The van der Waals surface area contributed by atoms with Gasteiger partial charge in [0.2, 0.25) is 0 Å². The van der Waals surface area contributed by atoms with Gasteiger partial charge in [-0.3, -0.25) is 4.98 Å². The molecule has 0 fully saturated rings. The van der Waals surface area contributed by atoms with Gasteiger partial charge in [0.25, 0.3) is 0 Å². The van der Waals surface area contributed by atoms with Crippen LogP contribution in [0.3, 0.4) is 0 Å². The number of carbonyl (C=O) groups excluding carboxylic acids is 4. The van der Waals surface area contributed by atoms with Crippen LogP contribution in [0.1, 0.15) is 72.7 Å². The number of allylic oxidation sites excluding steroid dienone is 2. The van der Waals surface area contributed by atoms with E-state index in [2.05, 4.69) is 10.3 Å². The first-order valence-corrected chi connectivity index (χ1v) is 16.8. The predicted octanol–water partition coefficient (Wildman–Crippen LogP) is 8.71. The smallest absolute Gasteiger partial charge is 0.466 e. The van der Waals surface area contributed by atoms with E-state index in [1.54, 1.807) is 77.9 Å². The molecule has 4 rings (SSSR count). The van der Waals surface area contributed by atoms with Crippen molar-refractivity contribution < 1.29 is 39.6 Å². The molecule has 1 aliphatic rings. The van der Waals surface area contributed by atoms with Crippen LogP contribution >= 0.6 is 46.4 Å². The third kappa shape index (κ3) is 8.43. The molecular formula is C36H37Cl4N2O8+. The number of nitrogens with zero attached hydrogens (tertiary/aromatic N) is 1. The Morgan fingerprint density at radius 3 is 1.72 bits per heavy atom. The van der Waals surface area contributed by atoms with Crippen molar-refractivity contribution in [3.05, 3.63) is 107 Å². The first-order chi connectivity index (χ1) is 23.7. The normalized spacial score (nSPS) is 13.9. The lowest BCUT2D eigenvalue weighted by atomic mass is 9.80. The van der Waals surface area contributed by atoms with Gasteiger partial charge in [-0.05, 0) is 59.2 Å². The summed E-state index contributed by atoms with van der Waals surface area (Å²) in [6.07, 6.45) is 0. The summed E-state index contributed by atoms with van der Waals surface area (Å²) in [4.78, 5) is 54.2. The molecule has 0 amide bonds. The zero-order valence-corrected chi connectivity index (χ0v) is 31.7. The van der Waals surface area contributed by atoms with Gasteiger partial charge in [0.15, 0.2) is 0 Å². The Morgan fingerprint density at radius 1 is 0.700 bits per heavy atom. The molecule has 0 aliphatic carbocycles. The van der Waals surface area contributed by atoms with Crippen molar-refractivity contribution in [2.75, 3.05) is 27.4 Å². The maximum Gasteiger partial charge on any atom is 1.00 e. The molecular weight excluding hydrogens is 730 g/mol. The van der Waals surface area contributed by atoms with Gasteiger partial charge < -0.3 is 24.3 Å². The molecule has 1 aromatic heterocycles. The van der Waals surface area contributed by atoms with Gasteiger partial charge in [0, 0.05) is 22.5 Å². The number of methoxy groups -OCH3 is 2. The Morgan fingerprint density at radius 2 is 1.18 bits per heavy atom. The fourth-order valence-electron chi connectivity index (χ4n) is 5.53. The maximum atomic E-state index is 12.6. The standard InChI is InChI=1S/C18H19Cl2NO4.C18H17Cl2NO4/c2*1-5-25-18(23)14-10(3)21-9(2)13(17(22)24-4)15(14)11-7-6-8-12(19)16(11)20/h6-8,15,21H,5H2,1-4H3;6-8H,5H2,1-4H3/p+1. The molecule has 1 aliphatic heterocycles. The van der Waals surface area contributed by atoms with E-state index < -0.39 is 29.8 Å². The summed E-state index contributed by atoms with van der Waals surface area (Å²) in [5.41, 5.74) is 4.21. The summed E-state index contributed by atoms with van der Waals surface area (Å²) in [6, 6.07) is 10.1. The average molecular weight is 768 g/mol. The van der Waals surface area contributed by atoms with Gasteiger partial charge in [0.05, 0.1) is 87.1 Å². The van der Waals surface area contributed by atoms with E-state index >= 15 is 0 Å². The molecule has 266 valence electrons. The minimum atomic E-state index is -0.737. The van der Waals surface area contributed by atoms with Crippen LogP contribution in [0.2, 0.25) is 20.1 Å². The van der Waals surface area contributed by atoms with Crippen molar-refractivity contribution in [3.63, 3.8) is 0 Å². The fourth-order valence-corrected chi connectivity index (χ4v) is 6.34. The van der Waals surface area contributed by atoms with Crippen molar-refractivity contribution in [2.24, 2.45) is 0 Å². The van der Waals surface area contributed by atoms with Gasteiger partial charge >= 0.3 is 25.3 Å². The number of hydrogen-bond acceptors (Lipinski definition) is 10. The van der Waals surface area contributed by atoms with Crippen molar-refractivity contribution >= 4 is 70.3 Å². The molecule has 10 nitrogen and oxygen atoms in total. The monoisotopic (exact) mass is 765 g/mol. The molecule has 0 saturated carbocycles. The summed E-state index contributed by atoms with van der Waals surface area (Å²) in [7, 11) is 2.55. The van der Waals surface area contributed by atoms with Crippen LogP contribution in [0.4, 0.5) is 0 Å². The van der Waals surface area contributed by atoms with Crippen molar-refractivity contribution in [1.82, 2.24) is 10.3 Å². The van der Waals surface area contributed by atoms with E-state index in [-0.39, 0.29) is 35.8 Å². The molecule has 14 heteroatoms. The molecule has 3 aromatic rings. The highest BCUT2D eigenvalue weighted by molar-refractivity contribution is 6.44. The number of benzene rings is 2. The Hall–Kier alpha value is -4.09. The molecule has 1 N–H and O–H groups in total. The largest absolute Gasteiger partial charge is 1.00 e. The summed E-state index contributed by atoms with van der Waals surface area (Å²) in [6.45, 7) is 10.6. The summed E-state index contributed by atoms with van der Waals surface area (Å²) in [5, 5.41) is 4.19. The quantitative estimate of drug-likeness (QED) is 0.176. The third-order valence-electron chi connectivity index (χ3n) is 7.60. The van der Waals surface area contributed by atoms with E-state index in [0.29, 0.717) is 60.7 Å². The van der Waals surface area contributed by atoms with Crippen LogP contribution in [-0.2, 0) is 28.5 Å². The second-order valence-electron chi connectivity index (χ2n) is 10.7. The number of ether oxygens (including phenoxy) is 4. The molecule has 1 unspecified atom stereocenters. The lowest BCUT2D eigenvalue weighted by Crippen LogP contribution is -2.32. The zero-order valence-electron chi connectivity index (χ0n) is 29.7. The highest BCUT2D eigenvalue weighted by Crippen LogP contribution is 2.44. The molecule has 0 bridgehead atoms. The van der Waals surface area contributed by atoms with Gasteiger partial charge in [-0.1, -0.05) is 70.7 Å². The number of hydrogen-bond donors (Lipinski definition) is 1. The van der Waals surface area contributed by atoms with Gasteiger partial charge in [-0.25, -0.2) is 19.2 Å². The number of pyridine rings is 1. The maximum absolute atomic E-state index is 12.6. The van der Waals surface area contributed by atoms with E-state index in [4.69, 9.17) is 65.4 Å². The first-order valence-electron chi connectivity index (χ1n) is 15.2. The first kappa shape index (κ1) is 40.3. The van der Waals surface area contributed by atoms with Crippen molar-refractivity contribution in [3.8, 4) is 11.1 Å². The predicted molar refractivity (Wildman–Crippen MR) is 194 cm³/mol. The highest BCUT2D eigenvalue weighted by atomic mass is 35.5. The summed E-state index contributed by atoms with van der Waals surface area (Å²) in [5.74, 6) is -3.04. The second-order valence-corrected chi connectivity index (χ2v) is 12.3. The van der Waals surface area contributed by atoms with E-state index in [9.17, 15) is 19.2 Å². The Bertz CT molecular complexity index is 1910. The van der Waals surface area contributed by atoms with Gasteiger partial charge in [-0.2, -0.15) is 0 Å². The molecule has 0 radical (unpaired) electrons. The number of dihydropyridines is 1. The van der Waals surface area contributed by atoms with Gasteiger partial charge in [-0.15, -0.1) is 0 Å². The van der Waals surface area contributed by atoms with Crippen LogP contribution in [-0.4, -0.2) is 56.3 Å². The number of aryl methyl sites for hydroxylation is 2. The van der Waals surface area contributed by atoms with Crippen LogP contribution in [0.15, 0.2) is 58.9 Å². The molecule has 0 spiro atoms. The average Bonchev–Trinajstić information content (AvgIpc) is 3.06. The Labute approximate surface area is 312 Å². The van der Waals surface area contributed by atoms with Crippen molar-refractivity contribution in [2.45, 2.75) is 47.5 Å². The Kier molecular flexibility index (Phi) is 14.3. The molecule has 50 heavy (non-hydrogen) atoms. The summed E-state index contributed by atoms with van der Waals surface area (Å²) < 4.78 is 20.1. The lowest BCUT2D eigenvalue weighted by molar-refractivity contribution is -0.139. The third-order valence-corrected chi connectivity index (χ3v) is 9.25. The van der Waals surface area contributed by atoms with Gasteiger partial charge in [0.1, 0.15) is 0 Å². The number of esters is 4. The number of nitrogens with one attached hydrogen (secondary N) is 1. The van der Waals surface area contributed by atoms with Crippen LogP contribution in [0.5, 0.6) is 0 Å². The topological polar surface area (TPSA) is 130 Å². The number of halogens is 4. The van der Waals surface area contributed by atoms with Crippen LogP contribution in [0, 0.1) is 13.8 Å². The second kappa shape index (κ2) is 17.7.